The molecule has 12 aromatic rings. The molecule has 0 aliphatic carbocycles. The van der Waals surface area contributed by atoms with Crippen molar-refractivity contribution in [1.82, 2.24) is 0 Å². The topological polar surface area (TPSA) is 16.4 Å². The van der Waals surface area contributed by atoms with Gasteiger partial charge in [0.25, 0.3) is 0 Å². The molecule has 0 atom stereocenters. The molecule has 3 heteroatoms. The lowest BCUT2D eigenvalue weighted by Gasteiger charge is -2.29. The van der Waals surface area contributed by atoms with Crippen LogP contribution < -0.4 is 4.90 Å². The van der Waals surface area contributed by atoms with Gasteiger partial charge in [-0.15, -0.1) is 11.3 Å². The Morgan fingerprint density at radius 2 is 1.14 bits per heavy atom. The number of hydrogen-bond donors (Lipinski definition) is 0. The summed E-state index contributed by atoms with van der Waals surface area (Å²) in [6, 6.07) is 76.3. The molecule has 0 fully saturated rings. The van der Waals surface area contributed by atoms with Crippen LogP contribution in [0, 0.1) is 0 Å². The molecule has 2 aromatic heterocycles. The van der Waals surface area contributed by atoms with Crippen molar-refractivity contribution in [3.63, 3.8) is 0 Å². The van der Waals surface area contributed by atoms with Gasteiger partial charge < -0.3 is 9.32 Å². The molecule has 12 rings (SSSR count). The van der Waals surface area contributed by atoms with Crippen molar-refractivity contribution in [2.75, 3.05) is 4.90 Å². The van der Waals surface area contributed by atoms with Crippen LogP contribution in [0.1, 0.15) is 5.56 Å². The number of allylic oxidation sites excluding steroid dienone is 3. The number of thiophene rings is 1. The van der Waals surface area contributed by atoms with Gasteiger partial charge in [-0.25, -0.2) is 0 Å². The van der Waals surface area contributed by atoms with Crippen molar-refractivity contribution < 1.29 is 4.42 Å². The summed E-state index contributed by atoms with van der Waals surface area (Å²) in [6.45, 7) is 4.41. The second-order valence-electron chi connectivity index (χ2n) is 16.5. The van der Waals surface area contributed by atoms with Crippen molar-refractivity contribution >= 4 is 92.4 Å². The maximum absolute atomic E-state index is 6.58. The largest absolute Gasteiger partial charge is 0.456 e. The van der Waals surface area contributed by atoms with Crippen LogP contribution in [-0.4, -0.2) is 0 Å². The van der Waals surface area contributed by atoms with E-state index in [-0.39, 0.29) is 0 Å². The van der Waals surface area contributed by atoms with E-state index in [1.807, 2.05) is 17.4 Å². The second-order valence-corrected chi connectivity index (χ2v) is 17.6. The average molecular weight is 848 g/mol. The first-order chi connectivity index (χ1) is 32.2. The maximum atomic E-state index is 6.58. The number of furan rings is 1. The van der Waals surface area contributed by atoms with E-state index in [1.165, 1.54) is 58.6 Å². The molecule has 65 heavy (non-hydrogen) atoms. The van der Waals surface area contributed by atoms with E-state index in [2.05, 4.69) is 242 Å². The van der Waals surface area contributed by atoms with E-state index >= 15 is 0 Å². The first kappa shape index (κ1) is 38.4. The number of hydrogen-bond acceptors (Lipinski definition) is 3. The Kier molecular flexibility index (Phi) is 9.55. The molecular weight excluding hydrogens is 807 g/mol. The SMILES string of the molecule is C=C/C(=C\C=C\c1cccc(-c2ccc3ccccc3c2)c1)N(c1ccc(-c2cccc3c2sc2ccccc23)cc1)c1ccccc1-c1cccc2oc3cc4ccccc4cc3c12. The Balaban J connectivity index is 0.986. The Morgan fingerprint density at radius 3 is 2.00 bits per heavy atom. The third kappa shape index (κ3) is 6.91. The minimum atomic E-state index is 0.863. The quantitative estimate of drug-likeness (QED) is 0.135. The number of para-hydroxylation sites is 1. The minimum absolute atomic E-state index is 0.863. The fourth-order valence-corrected chi connectivity index (χ4v) is 10.7. The first-order valence-corrected chi connectivity index (χ1v) is 22.8. The van der Waals surface area contributed by atoms with E-state index in [0.29, 0.717) is 0 Å². The molecule has 0 unspecified atom stereocenters. The van der Waals surface area contributed by atoms with E-state index in [0.717, 1.165) is 61.1 Å². The number of rotatable bonds is 9. The lowest BCUT2D eigenvalue weighted by atomic mass is 9.96. The van der Waals surface area contributed by atoms with Crippen LogP contribution in [0.15, 0.2) is 247 Å². The predicted molar refractivity (Wildman–Crippen MR) is 280 cm³/mol. The summed E-state index contributed by atoms with van der Waals surface area (Å²) in [4.78, 5) is 2.33. The monoisotopic (exact) mass is 847 g/mol. The zero-order chi connectivity index (χ0) is 43.3. The van der Waals surface area contributed by atoms with Gasteiger partial charge in [-0.05, 0) is 122 Å². The Labute approximate surface area is 381 Å². The highest BCUT2D eigenvalue weighted by atomic mass is 32.1. The molecule has 10 aromatic carbocycles. The van der Waals surface area contributed by atoms with Gasteiger partial charge in [0.15, 0.2) is 0 Å². The summed E-state index contributed by atoms with van der Waals surface area (Å²) in [5, 5.41) is 9.62. The first-order valence-electron chi connectivity index (χ1n) is 22.0. The average Bonchev–Trinajstić information content (AvgIpc) is 3.94. The van der Waals surface area contributed by atoms with Crippen LogP contribution in [0.2, 0.25) is 0 Å². The number of fused-ring (bicyclic) bond motifs is 8. The van der Waals surface area contributed by atoms with Gasteiger partial charge in [0.1, 0.15) is 11.2 Å². The lowest BCUT2D eigenvalue weighted by Crippen LogP contribution is -2.16. The minimum Gasteiger partial charge on any atom is -0.456 e. The molecule has 0 aliphatic heterocycles. The Hall–Kier alpha value is -8.24. The van der Waals surface area contributed by atoms with Crippen molar-refractivity contribution in [2.24, 2.45) is 0 Å². The molecular formula is C62H41NOS. The summed E-state index contributed by atoms with van der Waals surface area (Å²) < 4.78 is 9.19. The van der Waals surface area contributed by atoms with Gasteiger partial charge in [-0.2, -0.15) is 0 Å². The van der Waals surface area contributed by atoms with Crippen LogP contribution in [-0.2, 0) is 0 Å². The van der Waals surface area contributed by atoms with E-state index in [9.17, 15) is 0 Å². The molecule has 0 saturated heterocycles. The predicted octanol–water partition coefficient (Wildman–Crippen LogP) is 18.2. The highest BCUT2D eigenvalue weighted by Gasteiger charge is 2.21. The molecule has 0 aliphatic rings. The molecule has 2 nitrogen and oxygen atoms in total. The zero-order valence-corrected chi connectivity index (χ0v) is 36.3. The molecule has 0 bridgehead atoms. The second kappa shape index (κ2) is 16.1. The van der Waals surface area contributed by atoms with Crippen molar-refractivity contribution in [1.29, 1.82) is 0 Å². The van der Waals surface area contributed by atoms with Crippen molar-refractivity contribution in [2.45, 2.75) is 0 Å². The van der Waals surface area contributed by atoms with Crippen molar-refractivity contribution in [3.05, 3.63) is 248 Å². The summed E-state index contributed by atoms with van der Waals surface area (Å²) in [5.74, 6) is 0. The molecule has 0 saturated carbocycles. The summed E-state index contributed by atoms with van der Waals surface area (Å²) in [7, 11) is 0. The smallest absolute Gasteiger partial charge is 0.136 e. The Morgan fingerprint density at radius 1 is 0.477 bits per heavy atom. The number of benzene rings is 10. The fourth-order valence-electron chi connectivity index (χ4n) is 9.51. The van der Waals surface area contributed by atoms with Gasteiger partial charge in [0, 0.05) is 47.9 Å². The summed E-state index contributed by atoms with van der Waals surface area (Å²) >= 11 is 1.86. The number of anilines is 2. The van der Waals surface area contributed by atoms with Crippen LogP contribution >= 0.6 is 11.3 Å². The van der Waals surface area contributed by atoms with Crippen LogP contribution in [0.25, 0.3) is 103 Å². The fraction of sp³-hybridized carbons (Fsp3) is 0. The third-order valence-electron chi connectivity index (χ3n) is 12.6. The molecule has 0 amide bonds. The van der Waals surface area contributed by atoms with Crippen LogP contribution in [0.3, 0.4) is 0 Å². The molecule has 0 radical (unpaired) electrons. The zero-order valence-electron chi connectivity index (χ0n) is 35.5. The summed E-state index contributed by atoms with van der Waals surface area (Å²) in [6.07, 6.45) is 8.43. The summed E-state index contributed by atoms with van der Waals surface area (Å²) in [5.41, 5.74) is 12.9. The van der Waals surface area contributed by atoms with Gasteiger partial charge in [0.2, 0.25) is 0 Å². The van der Waals surface area contributed by atoms with Gasteiger partial charge in [0.05, 0.1) is 5.69 Å². The lowest BCUT2D eigenvalue weighted by molar-refractivity contribution is 0.669. The van der Waals surface area contributed by atoms with Crippen molar-refractivity contribution in [3.8, 4) is 33.4 Å². The molecule has 0 spiro atoms. The van der Waals surface area contributed by atoms with Gasteiger partial charge >= 0.3 is 0 Å². The highest BCUT2D eigenvalue weighted by Crippen LogP contribution is 2.45. The van der Waals surface area contributed by atoms with Gasteiger partial charge in [-0.1, -0.05) is 176 Å². The molecule has 2 heterocycles. The van der Waals surface area contributed by atoms with Crippen LogP contribution in [0.4, 0.5) is 11.4 Å². The number of nitrogens with zero attached hydrogens (tertiary/aromatic N) is 1. The highest BCUT2D eigenvalue weighted by molar-refractivity contribution is 7.26. The van der Waals surface area contributed by atoms with Crippen LogP contribution in [0.5, 0.6) is 0 Å². The van der Waals surface area contributed by atoms with Gasteiger partial charge in [-0.3, -0.25) is 0 Å². The van der Waals surface area contributed by atoms with E-state index in [4.69, 9.17) is 4.42 Å². The van der Waals surface area contributed by atoms with E-state index in [1.54, 1.807) is 0 Å². The molecule has 0 N–H and O–H groups in total. The normalized spacial score (nSPS) is 12.1. The molecule has 306 valence electrons. The van der Waals surface area contributed by atoms with E-state index < -0.39 is 0 Å². The Bertz CT molecular complexity index is 3860. The standard InChI is InChI=1S/C62H41NOS/c1-2-49(22-12-16-41-15-11-21-44(37-41)48-32-31-42-17-3-4-18-45(42)38-48)63(50-35-33-43(34-36-50)51-25-13-27-55-53-24-8-10-30-60(53)65-62(51)55)57-28-9-7-23-52(57)54-26-14-29-58-61(54)56-39-46-19-5-6-20-47(46)40-59(56)64-58/h2-40H,1H2/b16-12+,49-22+. The third-order valence-corrected chi connectivity index (χ3v) is 13.9. The maximum Gasteiger partial charge on any atom is 0.136 e.